The largest absolute Gasteiger partial charge is 0.393 e. The van der Waals surface area contributed by atoms with E-state index in [4.69, 9.17) is 9.47 Å². The molecule has 25 heavy (non-hydrogen) atoms. The van der Waals surface area contributed by atoms with Gasteiger partial charge in [-0.25, -0.2) is 0 Å². The van der Waals surface area contributed by atoms with Crippen LogP contribution in [-0.2, 0) is 14.3 Å². The molecule has 0 amide bonds. The van der Waals surface area contributed by atoms with Crippen LogP contribution in [0.25, 0.3) is 0 Å². The van der Waals surface area contributed by atoms with Gasteiger partial charge < -0.3 is 19.7 Å². The van der Waals surface area contributed by atoms with Crippen molar-refractivity contribution in [3.63, 3.8) is 0 Å². The summed E-state index contributed by atoms with van der Waals surface area (Å²) in [6, 6.07) is 0. The molecular weight excluding hydrogens is 320 g/mol. The molecule has 2 saturated carbocycles. The Labute approximate surface area is 150 Å². The number of aliphatic hydroxyl groups is 2. The molecule has 2 saturated heterocycles. The number of hydrogen-bond donors (Lipinski definition) is 2. The second-order valence-electron chi connectivity index (χ2n) is 9.83. The molecule has 0 unspecified atom stereocenters. The second kappa shape index (κ2) is 5.28. The molecule has 2 aliphatic heterocycles. The van der Waals surface area contributed by atoms with E-state index in [1.54, 1.807) is 0 Å². The van der Waals surface area contributed by atoms with E-state index in [2.05, 4.69) is 13.8 Å². The first-order valence-electron chi connectivity index (χ1n) is 9.80. The van der Waals surface area contributed by atoms with Crippen LogP contribution in [0.1, 0.15) is 66.2 Å². The Balaban J connectivity index is 1.79. The van der Waals surface area contributed by atoms with E-state index >= 15 is 0 Å². The third kappa shape index (κ3) is 2.07. The minimum atomic E-state index is -0.874. The number of ether oxygens (including phenoxy) is 2. The third-order valence-corrected chi connectivity index (χ3v) is 8.33. The maximum absolute atomic E-state index is 13.1. The maximum Gasteiger partial charge on any atom is 0.184 e. The highest BCUT2D eigenvalue weighted by Crippen LogP contribution is 2.67. The maximum atomic E-state index is 13.1. The number of rotatable bonds is 0. The highest BCUT2D eigenvalue weighted by Gasteiger charge is 2.71. The molecule has 2 heterocycles. The molecule has 0 aromatic carbocycles. The van der Waals surface area contributed by atoms with Crippen LogP contribution >= 0.6 is 0 Å². The lowest BCUT2D eigenvalue weighted by atomic mass is 9.43. The van der Waals surface area contributed by atoms with Gasteiger partial charge in [0.1, 0.15) is 11.4 Å². The van der Waals surface area contributed by atoms with Gasteiger partial charge in [-0.2, -0.15) is 0 Å². The molecule has 2 spiro atoms. The zero-order chi connectivity index (χ0) is 18.3. The van der Waals surface area contributed by atoms with Gasteiger partial charge in [0.05, 0.1) is 18.3 Å². The molecular formula is C20H32O5. The highest BCUT2D eigenvalue weighted by molar-refractivity contribution is 5.84. The Bertz CT molecular complexity index is 589. The van der Waals surface area contributed by atoms with E-state index in [0.717, 1.165) is 19.3 Å². The first-order chi connectivity index (χ1) is 11.6. The molecule has 2 N–H and O–H groups in total. The number of ketones is 1. The number of carbonyl (C=O) groups is 1. The lowest BCUT2D eigenvalue weighted by Gasteiger charge is -2.63. The minimum absolute atomic E-state index is 0.111. The summed E-state index contributed by atoms with van der Waals surface area (Å²) in [5.74, 6) is 0.158. The third-order valence-electron chi connectivity index (χ3n) is 8.33. The van der Waals surface area contributed by atoms with E-state index in [9.17, 15) is 15.0 Å². The summed E-state index contributed by atoms with van der Waals surface area (Å²) in [6.45, 7) is 8.90. The SMILES string of the molecule is C[C@@H]1CC(=O)[C@H]2C(C)(C)[C@@H](O)CC[C@]2(C)[C@@]12CC[C@@]1(CCO[C@@H]1O)O2. The Morgan fingerprint density at radius 2 is 1.80 bits per heavy atom. The quantitative estimate of drug-likeness (QED) is 0.700. The van der Waals surface area contributed by atoms with Crippen LogP contribution in [0, 0.1) is 22.7 Å². The van der Waals surface area contributed by atoms with Gasteiger partial charge in [-0.15, -0.1) is 0 Å². The van der Waals surface area contributed by atoms with Crippen LogP contribution in [-0.4, -0.2) is 46.2 Å². The number of fused-ring (bicyclic) bond motifs is 2. The lowest BCUT2D eigenvalue weighted by molar-refractivity contribution is -0.273. The topological polar surface area (TPSA) is 76.0 Å². The van der Waals surface area contributed by atoms with Crippen LogP contribution in [0.2, 0.25) is 0 Å². The van der Waals surface area contributed by atoms with Crippen molar-refractivity contribution in [2.45, 2.75) is 89.8 Å². The molecule has 4 fully saturated rings. The van der Waals surface area contributed by atoms with Crippen molar-refractivity contribution in [3.05, 3.63) is 0 Å². The molecule has 5 heteroatoms. The summed E-state index contributed by atoms with van der Waals surface area (Å²) in [4.78, 5) is 13.1. The van der Waals surface area contributed by atoms with Crippen molar-refractivity contribution < 1.29 is 24.5 Å². The van der Waals surface area contributed by atoms with Gasteiger partial charge in [0.25, 0.3) is 0 Å². The summed E-state index contributed by atoms with van der Waals surface area (Å²) in [5, 5.41) is 21.0. The van der Waals surface area contributed by atoms with E-state index in [1.807, 2.05) is 13.8 Å². The molecule has 4 rings (SSSR count). The van der Waals surface area contributed by atoms with Crippen molar-refractivity contribution in [2.24, 2.45) is 22.7 Å². The molecule has 5 nitrogen and oxygen atoms in total. The molecule has 0 aromatic rings. The first-order valence-corrected chi connectivity index (χ1v) is 9.80. The van der Waals surface area contributed by atoms with Gasteiger partial charge >= 0.3 is 0 Å². The zero-order valence-electron chi connectivity index (χ0n) is 15.9. The van der Waals surface area contributed by atoms with Crippen molar-refractivity contribution >= 4 is 5.78 Å². The molecule has 0 radical (unpaired) electrons. The number of carbonyl (C=O) groups excluding carboxylic acids is 1. The number of Topliss-reactive ketones (excluding diaryl/α,β-unsaturated/α-hetero) is 1. The van der Waals surface area contributed by atoms with Gasteiger partial charge in [0.2, 0.25) is 0 Å². The van der Waals surface area contributed by atoms with Crippen LogP contribution in [0.15, 0.2) is 0 Å². The van der Waals surface area contributed by atoms with Gasteiger partial charge in [0, 0.05) is 29.6 Å². The Morgan fingerprint density at radius 1 is 1.08 bits per heavy atom. The fraction of sp³-hybridized carbons (Fsp3) is 0.950. The van der Waals surface area contributed by atoms with Gasteiger partial charge in [-0.05, 0) is 31.6 Å². The first kappa shape index (κ1) is 17.9. The lowest BCUT2D eigenvalue weighted by Crippen LogP contribution is -2.68. The van der Waals surface area contributed by atoms with Crippen LogP contribution in [0.3, 0.4) is 0 Å². The number of aliphatic hydroxyl groups excluding tert-OH is 2. The normalized spacial score (nSPS) is 55.0. The molecule has 0 bridgehead atoms. The zero-order valence-corrected chi connectivity index (χ0v) is 15.9. The van der Waals surface area contributed by atoms with E-state index < -0.39 is 29.0 Å². The van der Waals surface area contributed by atoms with Crippen molar-refractivity contribution in [1.29, 1.82) is 0 Å². The fourth-order valence-electron chi connectivity index (χ4n) is 6.92. The van der Waals surface area contributed by atoms with Gasteiger partial charge in [-0.3, -0.25) is 4.79 Å². The van der Waals surface area contributed by atoms with E-state index in [0.29, 0.717) is 25.9 Å². The molecule has 2 aliphatic carbocycles. The predicted molar refractivity (Wildman–Crippen MR) is 91.8 cm³/mol. The summed E-state index contributed by atoms with van der Waals surface area (Å²) in [7, 11) is 0. The Kier molecular flexibility index (Phi) is 3.78. The summed E-state index contributed by atoms with van der Waals surface area (Å²) in [6.07, 6.45) is 2.96. The van der Waals surface area contributed by atoms with Gasteiger partial charge in [-0.1, -0.05) is 27.7 Å². The number of hydrogen-bond acceptors (Lipinski definition) is 5. The molecule has 7 atom stereocenters. The Hall–Kier alpha value is -0.490. The summed E-state index contributed by atoms with van der Waals surface area (Å²) < 4.78 is 12.2. The van der Waals surface area contributed by atoms with Crippen LogP contribution in [0.4, 0.5) is 0 Å². The van der Waals surface area contributed by atoms with Crippen LogP contribution in [0.5, 0.6) is 0 Å². The minimum Gasteiger partial charge on any atom is -0.393 e. The van der Waals surface area contributed by atoms with Crippen molar-refractivity contribution in [3.8, 4) is 0 Å². The fourth-order valence-corrected chi connectivity index (χ4v) is 6.92. The van der Waals surface area contributed by atoms with E-state index in [-0.39, 0.29) is 23.0 Å². The molecule has 4 aliphatic rings. The average molecular weight is 352 g/mol. The van der Waals surface area contributed by atoms with E-state index in [1.165, 1.54) is 0 Å². The summed E-state index contributed by atoms with van der Waals surface area (Å²) in [5.41, 5.74) is -1.84. The molecule has 0 aromatic heterocycles. The monoisotopic (exact) mass is 352 g/mol. The smallest absolute Gasteiger partial charge is 0.184 e. The predicted octanol–water partition coefficient (Wildman–Crippen LogP) is 2.43. The second-order valence-corrected chi connectivity index (χ2v) is 9.83. The van der Waals surface area contributed by atoms with Gasteiger partial charge in [0.15, 0.2) is 6.29 Å². The summed E-state index contributed by atoms with van der Waals surface area (Å²) >= 11 is 0. The standard InChI is InChI=1S/C20H32O5/c1-12-11-13(21)15-17(2,3)14(22)5-6-18(15,4)20(12)8-7-19(25-20)9-10-24-16(19)23/h12,14-16,22-23H,5-11H2,1-4H3/t12-,14+,15+,16+,18+,19+,20-/m1/s1. The Morgan fingerprint density at radius 3 is 2.44 bits per heavy atom. The average Bonchev–Trinajstić information content (AvgIpc) is 3.08. The molecule has 142 valence electrons. The van der Waals surface area contributed by atoms with Crippen molar-refractivity contribution in [1.82, 2.24) is 0 Å². The highest BCUT2D eigenvalue weighted by atomic mass is 16.7. The van der Waals surface area contributed by atoms with Crippen LogP contribution < -0.4 is 0 Å². The van der Waals surface area contributed by atoms with Crippen molar-refractivity contribution in [2.75, 3.05) is 6.61 Å².